The Labute approximate surface area is 91.5 Å². The Morgan fingerprint density at radius 2 is 2.00 bits per heavy atom. The first-order valence-corrected chi connectivity index (χ1v) is 4.97. The van der Waals surface area contributed by atoms with E-state index in [9.17, 15) is 5.11 Å². The molecule has 0 amide bonds. The van der Waals surface area contributed by atoms with Crippen LogP contribution in [-0.4, -0.2) is 14.6 Å². The number of para-hydroxylation sites is 1. The topological polar surface area (TPSA) is 36.0 Å². The molecular weight excluding hydrogens is 221 g/mol. The van der Waals surface area contributed by atoms with E-state index in [2.05, 4.69) is 4.98 Å². The molecule has 2 aromatic rings. The standard InChI is InChI=1S/C10H9Cl2NO/c11-10(12,14)5-7-6-13-9-4-2-1-3-8(7)9/h1-4,6,13-14H,5H2. The number of aliphatic hydroxyl groups is 1. The summed E-state index contributed by atoms with van der Waals surface area (Å²) in [5.41, 5.74) is 1.92. The first-order chi connectivity index (χ1) is 6.56. The normalized spacial score (nSPS) is 12.2. The number of hydrogen-bond donors (Lipinski definition) is 2. The van der Waals surface area contributed by atoms with E-state index in [4.69, 9.17) is 23.2 Å². The second kappa shape index (κ2) is 3.46. The molecule has 0 aliphatic rings. The smallest absolute Gasteiger partial charge is 0.219 e. The molecule has 0 atom stereocenters. The number of halogens is 2. The number of H-pyrrole nitrogens is 1. The SMILES string of the molecule is OC(Cl)(Cl)Cc1c[nH]c2ccccc12. The summed E-state index contributed by atoms with van der Waals surface area (Å²) in [4.78, 5) is 3.08. The molecule has 0 bridgehead atoms. The van der Waals surface area contributed by atoms with Crippen LogP contribution in [0.25, 0.3) is 10.9 Å². The van der Waals surface area contributed by atoms with Gasteiger partial charge in [-0.1, -0.05) is 41.4 Å². The largest absolute Gasteiger partial charge is 0.362 e. The Morgan fingerprint density at radius 3 is 2.71 bits per heavy atom. The van der Waals surface area contributed by atoms with E-state index < -0.39 is 4.52 Å². The van der Waals surface area contributed by atoms with Crippen LogP contribution in [0.5, 0.6) is 0 Å². The highest BCUT2D eigenvalue weighted by Gasteiger charge is 2.21. The van der Waals surface area contributed by atoms with Crippen molar-refractivity contribution in [1.82, 2.24) is 4.98 Å². The first kappa shape index (κ1) is 9.84. The number of alkyl halides is 2. The Morgan fingerprint density at radius 1 is 1.29 bits per heavy atom. The fourth-order valence-corrected chi connectivity index (χ4v) is 1.79. The quantitative estimate of drug-likeness (QED) is 0.764. The summed E-state index contributed by atoms with van der Waals surface area (Å²) in [5, 5.41) is 10.3. The minimum absolute atomic E-state index is 0.208. The summed E-state index contributed by atoms with van der Waals surface area (Å²) in [7, 11) is 0. The van der Waals surface area contributed by atoms with E-state index in [1.807, 2.05) is 24.3 Å². The van der Waals surface area contributed by atoms with Gasteiger partial charge in [0, 0.05) is 23.5 Å². The van der Waals surface area contributed by atoms with Crippen LogP contribution >= 0.6 is 23.2 Å². The molecule has 0 spiro atoms. The molecule has 2 N–H and O–H groups in total. The van der Waals surface area contributed by atoms with Crippen molar-refractivity contribution in [2.45, 2.75) is 10.9 Å². The van der Waals surface area contributed by atoms with Crippen LogP contribution in [0.15, 0.2) is 30.5 Å². The lowest BCUT2D eigenvalue weighted by Gasteiger charge is -2.10. The number of fused-ring (bicyclic) bond motifs is 1. The molecule has 4 heteroatoms. The van der Waals surface area contributed by atoms with Gasteiger partial charge in [0.2, 0.25) is 4.52 Å². The summed E-state index contributed by atoms with van der Waals surface area (Å²) >= 11 is 11.1. The van der Waals surface area contributed by atoms with E-state index in [0.29, 0.717) is 0 Å². The van der Waals surface area contributed by atoms with Crippen molar-refractivity contribution in [1.29, 1.82) is 0 Å². The third-order valence-corrected chi connectivity index (χ3v) is 2.35. The minimum atomic E-state index is -1.70. The number of aromatic amines is 1. The molecule has 1 aromatic carbocycles. The van der Waals surface area contributed by atoms with Gasteiger partial charge in [-0.25, -0.2) is 0 Å². The molecule has 0 aliphatic carbocycles. The predicted octanol–water partition coefficient (Wildman–Crippen LogP) is 2.83. The van der Waals surface area contributed by atoms with Crippen LogP contribution in [0.3, 0.4) is 0 Å². The minimum Gasteiger partial charge on any atom is -0.362 e. The van der Waals surface area contributed by atoms with Gasteiger partial charge in [0.05, 0.1) is 0 Å². The Bertz CT molecular complexity index is 445. The molecule has 0 fully saturated rings. The number of rotatable bonds is 2. The van der Waals surface area contributed by atoms with Crippen LogP contribution in [0, 0.1) is 0 Å². The summed E-state index contributed by atoms with van der Waals surface area (Å²) in [5.74, 6) is 0. The number of aromatic nitrogens is 1. The third kappa shape index (κ3) is 2.03. The molecule has 1 aromatic heterocycles. The fourth-order valence-electron chi connectivity index (χ4n) is 1.51. The van der Waals surface area contributed by atoms with Crippen molar-refractivity contribution in [2.75, 3.05) is 0 Å². The molecule has 0 radical (unpaired) electrons. The molecule has 0 unspecified atom stereocenters. The summed E-state index contributed by atoms with van der Waals surface area (Å²) in [6, 6.07) is 7.79. The zero-order chi connectivity index (χ0) is 10.2. The van der Waals surface area contributed by atoms with Gasteiger partial charge in [0.1, 0.15) is 0 Å². The maximum atomic E-state index is 9.27. The number of nitrogens with one attached hydrogen (secondary N) is 1. The Balaban J connectivity index is 2.44. The second-order valence-electron chi connectivity index (χ2n) is 3.20. The molecule has 0 saturated heterocycles. The summed E-state index contributed by atoms with van der Waals surface area (Å²) < 4.78 is -1.70. The van der Waals surface area contributed by atoms with Crippen molar-refractivity contribution in [3.05, 3.63) is 36.0 Å². The van der Waals surface area contributed by atoms with E-state index in [1.165, 1.54) is 0 Å². The van der Waals surface area contributed by atoms with E-state index in [0.717, 1.165) is 16.5 Å². The summed E-state index contributed by atoms with van der Waals surface area (Å²) in [6.07, 6.45) is 2.01. The number of hydrogen-bond acceptors (Lipinski definition) is 1. The molecular formula is C10H9Cl2NO. The molecule has 0 aliphatic heterocycles. The lowest BCUT2D eigenvalue weighted by atomic mass is 10.1. The van der Waals surface area contributed by atoms with Crippen molar-refractivity contribution < 1.29 is 5.11 Å². The highest BCUT2D eigenvalue weighted by atomic mass is 35.5. The van der Waals surface area contributed by atoms with Crippen LogP contribution in [-0.2, 0) is 6.42 Å². The molecule has 1 heterocycles. The lowest BCUT2D eigenvalue weighted by molar-refractivity contribution is 0.216. The molecule has 14 heavy (non-hydrogen) atoms. The Kier molecular flexibility index (Phi) is 2.43. The third-order valence-electron chi connectivity index (χ3n) is 2.08. The van der Waals surface area contributed by atoms with E-state index in [1.54, 1.807) is 6.20 Å². The monoisotopic (exact) mass is 229 g/mol. The maximum Gasteiger partial charge on any atom is 0.219 e. The van der Waals surface area contributed by atoms with Gasteiger partial charge in [-0.2, -0.15) is 0 Å². The second-order valence-corrected chi connectivity index (χ2v) is 4.65. The highest BCUT2D eigenvalue weighted by Crippen LogP contribution is 2.26. The average Bonchev–Trinajstić information content (AvgIpc) is 2.47. The van der Waals surface area contributed by atoms with Gasteiger partial charge in [-0.05, 0) is 11.6 Å². The van der Waals surface area contributed by atoms with Gasteiger partial charge >= 0.3 is 0 Å². The van der Waals surface area contributed by atoms with Crippen molar-refractivity contribution in [3.63, 3.8) is 0 Å². The van der Waals surface area contributed by atoms with Crippen LogP contribution < -0.4 is 0 Å². The van der Waals surface area contributed by atoms with E-state index >= 15 is 0 Å². The van der Waals surface area contributed by atoms with Gasteiger partial charge in [0.15, 0.2) is 0 Å². The van der Waals surface area contributed by atoms with Gasteiger partial charge in [-0.3, -0.25) is 0 Å². The van der Waals surface area contributed by atoms with E-state index in [-0.39, 0.29) is 6.42 Å². The average molecular weight is 230 g/mol. The zero-order valence-electron chi connectivity index (χ0n) is 7.30. The van der Waals surface area contributed by atoms with Gasteiger partial charge in [-0.15, -0.1) is 0 Å². The van der Waals surface area contributed by atoms with Gasteiger partial charge < -0.3 is 10.1 Å². The zero-order valence-corrected chi connectivity index (χ0v) is 8.81. The van der Waals surface area contributed by atoms with Crippen LogP contribution in [0.1, 0.15) is 5.56 Å². The van der Waals surface area contributed by atoms with Crippen LogP contribution in [0.2, 0.25) is 0 Å². The highest BCUT2D eigenvalue weighted by molar-refractivity contribution is 6.47. The lowest BCUT2D eigenvalue weighted by Crippen LogP contribution is -2.14. The van der Waals surface area contributed by atoms with Crippen molar-refractivity contribution in [2.24, 2.45) is 0 Å². The Hall–Kier alpha value is -0.700. The summed E-state index contributed by atoms with van der Waals surface area (Å²) in [6.45, 7) is 0. The first-order valence-electron chi connectivity index (χ1n) is 4.21. The molecule has 2 nitrogen and oxygen atoms in total. The molecule has 74 valence electrons. The van der Waals surface area contributed by atoms with Crippen molar-refractivity contribution in [3.8, 4) is 0 Å². The molecule has 2 rings (SSSR count). The van der Waals surface area contributed by atoms with Crippen molar-refractivity contribution >= 4 is 34.1 Å². The molecule has 0 saturated carbocycles. The maximum absolute atomic E-state index is 9.27. The van der Waals surface area contributed by atoms with Crippen LogP contribution in [0.4, 0.5) is 0 Å². The fraction of sp³-hybridized carbons (Fsp3) is 0.200. The number of benzene rings is 1. The predicted molar refractivity (Wildman–Crippen MR) is 58.7 cm³/mol. The van der Waals surface area contributed by atoms with Gasteiger partial charge in [0.25, 0.3) is 0 Å².